The number of nitrogens with zero attached hydrogens (tertiary/aromatic N) is 3. The van der Waals surface area contributed by atoms with Crippen LogP contribution in [-0.2, 0) is 19.4 Å². The molecule has 2 aliphatic heterocycles. The van der Waals surface area contributed by atoms with Crippen LogP contribution < -0.4 is 5.01 Å². The van der Waals surface area contributed by atoms with Crippen LogP contribution in [0.15, 0.2) is 35.4 Å². The fourth-order valence-electron chi connectivity index (χ4n) is 3.44. The van der Waals surface area contributed by atoms with Gasteiger partial charge in [0.15, 0.2) is 9.84 Å². The van der Waals surface area contributed by atoms with Crippen molar-refractivity contribution in [1.82, 2.24) is 4.90 Å². The molecule has 7 nitrogen and oxygen atoms in total. The molecule has 2 heterocycles. The van der Waals surface area contributed by atoms with Gasteiger partial charge in [-0.05, 0) is 25.0 Å². The van der Waals surface area contributed by atoms with Gasteiger partial charge in [-0.3, -0.25) is 9.59 Å². The minimum atomic E-state index is -3.09. The summed E-state index contributed by atoms with van der Waals surface area (Å²) in [5, 5.41) is 5.61. The number of anilines is 1. The molecule has 1 aromatic carbocycles. The second-order valence-corrected chi connectivity index (χ2v) is 9.23. The van der Waals surface area contributed by atoms with Crippen molar-refractivity contribution >= 4 is 33.1 Å². The molecule has 0 saturated carbocycles. The van der Waals surface area contributed by atoms with Crippen LogP contribution in [0.1, 0.15) is 39.0 Å². The number of hydrogen-bond donors (Lipinski definition) is 0. The average Bonchev–Trinajstić information content (AvgIpc) is 3.02. The molecule has 0 bridgehead atoms. The zero-order chi connectivity index (χ0) is 19.4. The summed E-state index contributed by atoms with van der Waals surface area (Å²) < 4.78 is 23.8. The first-order chi connectivity index (χ1) is 12.9. The smallest absolute Gasteiger partial charge is 0.270 e. The van der Waals surface area contributed by atoms with Crippen LogP contribution in [0, 0.1) is 0 Å². The van der Waals surface area contributed by atoms with Gasteiger partial charge in [0.05, 0.1) is 17.2 Å². The van der Waals surface area contributed by atoms with Crippen molar-refractivity contribution in [3.05, 3.63) is 30.3 Å². The Morgan fingerprint density at radius 1 is 1.26 bits per heavy atom. The number of carbonyl (C=O) groups is 2. The van der Waals surface area contributed by atoms with Gasteiger partial charge in [0.1, 0.15) is 5.71 Å². The Labute approximate surface area is 159 Å². The van der Waals surface area contributed by atoms with Crippen LogP contribution in [-0.4, -0.2) is 54.9 Å². The van der Waals surface area contributed by atoms with E-state index in [0.29, 0.717) is 24.4 Å². The average molecular weight is 391 g/mol. The molecule has 1 fully saturated rings. The number of para-hydroxylation sites is 1. The Morgan fingerprint density at radius 2 is 2.00 bits per heavy atom. The zero-order valence-corrected chi connectivity index (χ0v) is 16.3. The minimum absolute atomic E-state index is 0.0110. The molecule has 8 heteroatoms. The summed E-state index contributed by atoms with van der Waals surface area (Å²) in [6.07, 6.45) is 2.67. The van der Waals surface area contributed by atoms with Crippen LogP contribution in [0.2, 0.25) is 0 Å². The molecule has 1 atom stereocenters. The molecule has 0 N–H and O–H groups in total. The predicted molar refractivity (Wildman–Crippen MR) is 104 cm³/mol. The fraction of sp³-hybridized carbons (Fsp3) is 0.526. The van der Waals surface area contributed by atoms with E-state index in [1.165, 1.54) is 5.01 Å². The van der Waals surface area contributed by atoms with Gasteiger partial charge in [0.25, 0.3) is 5.91 Å². The molecule has 3 rings (SSSR count). The van der Waals surface area contributed by atoms with Gasteiger partial charge in [-0.15, -0.1) is 0 Å². The Bertz CT molecular complexity index is 836. The Morgan fingerprint density at radius 3 is 2.63 bits per heavy atom. The third-order valence-electron chi connectivity index (χ3n) is 4.94. The third kappa shape index (κ3) is 4.55. The number of hydrazone groups is 1. The second kappa shape index (κ2) is 8.21. The van der Waals surface area contributed by atoms with Crippen molar-refractivity contribution in [1.29, 1.82) is 0 Å². The maximum Gasteiger partial charge on any atom is 0.270 e. The van der Waals surface area contributed by atoms with Gasteiger partial charge in [-0.25, -0.2) is 13.4 Å². The molecule has 0 radical (unpaired) electrons. The number of amides is 2. The van der Waals surface area contributed by atoms with Crippen molar-refractivity contribution in [2.75, 3.05) is 23.1 Å². The van der Waals surface area contributed by atoms with Crippen molar-refractivity contribution in [3.63, 3.8) is 0 Å². The highest BCUT2D eigenvalue weighted by molar-refractivity contribution is 7.91. The van der Waals surface area contributed by atoms with Crippen molar-refractivity contribution in [2.24, 2.45) is 5.10 Å². The number of hydrogen-bond acceptors (Lipinski definition) is 5. The number of sulfone groups is 1. The van der Waals surface area contributed by atoms with Gasteiger partial charge in [0, 0.05) is 25.4 Å². The summed E-state index contributed by atoms with van der Waals surface area (Å²) in [5.41, 5.74) is 0.940. The van der Waals surface area contributed by atoms with Crippen LogP contribution in [0.3, 0.4) is 0 Å². The second-order valence-electron chi connectivity index (χ2n) is 7.00. The molecule has 1 aromatic rings. The van der Waals surface area contributed by atoms with E-state index in [1.54, 1.807) is 17.0 Å². The SMILES string of the molecule is CCCCN(C(=O)C1=NN(c2ccccc2)C(=O)CC1)C1CCS(=O)(=O)C1. The summed E-state index contributed by atoms with van der Waals surface area (Å²) in [4.78, 5) is 27.1. The highest BCUT2D eigenvalue weighted by Crippen LogP contribution is 2.23. The van der Waals surface area contributed by atoms with Gasteiger partial charge in [-0.1, -0.05) is 31.5 Å². The van der Waals surface area contributed by atoms with Gasteiger partial charge >= 0.3 is 0 Å². The molecular formula is C19H25N3O4S. The lowest BCUT2D eigenvalue weighted by Crippen LogP contribution is -2.47. The minimum Gasteiger partial charge on any atom is -0.334 e. The summed E-state index contributed by atoms with van der Waals surface area (Å²) in [5.74, 6) is -0.272. The van der Waals surface area contributed by atoms with Crippen molar-refractivity contribution < 1.29 is 18.0 Å². The molecular weight excluding hydrogens is 366 g/mol. The highest BCUT2D eigenvalue weighted by atomic mass is 32.2. The van der Waals surface area contributed by atoms with E-state index in [9.17, 15) is 18.0 Å². The van der Waals surface area contributed by atoms with Gasteiger partial charge < -0.3 is 4.90 Å². The first-order valence-corrected chi connectivity index (χ1v) is 11.2. The number of benzene rings is 1. The van der Waals surface area contributed by atoms with E-state index in [-0.39, 0.29) is 42.2 Å². The lowest BCUT2D eigenvalue weighted by Gasteiger charge is -2.31. The maximum absolute atomic E-state index is 13.1. The largest absolute Gasteiger partial charge is 0.334 e. The van der Waals surface area contributed by atoms with Gasteiger partial charge in [-0.2, -0.15) is 5.10 Å². The van der Waals surface area contributed by atoms with E-state index in [4.69, 9.17) is 0 Å². The standard InChI is InChI=1S/C19H25N3O4S/c1-2-3-12-21(16-11-13-27(25,26)14-16)19(24)17-9-10-18(23)22(20-17)15-7-5-4-6-8-15/h4-8,16H,2-3,9-14H2,1H3. The fourth-order valence-corrected chi connectivity index (χ4v) is 5.17. The van der Waals surface area contributed by atoms with E-state index in [0.717, 1.165) is 12.8 Å². The van der Waals surface area contributed by atoms with E-state index >= 15 is 0 Å². The van der Waals surface area contributed by atoms with Gasteiger partial charge in [0.2, 0.25) is 5.91 Å². The maximum atomic E-state index is 13.1. The molecule has 27 heavy (non-hydrogen) atoms. The molecule has 146 valence electrons. The Hall–Kier alpha value is -2.22. The summed E-state index contributed by atoms with van der Waals surface area (Å²) in [6.45, 7) is 2.54. The van der Waals surface area contributed by atoms with E-state index in [1.807, 2.05) is 25.1 Å². The first kappa shape index (κ1) is 19.5. The monoisotopic (exact) mass is 391 g/mol. The molecule has 0 aliphatic carbocycles. The van der Waals surface area contributed by atoms with Crippen LogP contribution in [0.4, 0.5) is 5.69 Å². The number of unbranched alkanes of at least 4 members (excludes halogenated alkanes) is 1. The normalized spacial score (nSPS) is 21.8. The molecule has 0 aromatic heterocycles. The summed E-state index contributed by atoms with van der Waals surface area (Å²) in [7, 11) is -3.09. The Kier molecular flexibility index (Phi) is 5.94. The third-order valence-corrected chi connectivity index (χ3v) is 6.69. The van der Waals surface area contributed by atoms with E-state index in [2.05, 4.69) is 5.10 Å². The number of carbonyl (C=O) groups excluding carboxylic acids is 2. The topological polar surface area (TPSA) is 87.1 Å². The molecule has 2 amide bonds. The quantitative estimate of drug-likeness (QED) is 0.742. The van der Waals surface area contributed by atoms with Crippen LogP contribution >= 0.6 is 0 Å². The first-order valence-electron chi connectivity index (χ1n) is 9.38. The highest BCUT2D eigenvalue weighted by Gasteiger charge is 2.37. The zero-order valence-electron chi connectivity index (χ0n) is 15.5. The van der Waals surface area contributed by atoms with Crippen molar-refractivity contribution in [3.8, 4) is 0 Å². The lowest BCUT2D eigenvalue weighted by molar-refractivity contribution is -0.126. The summed E-state index contributed by atoms with van der Waals surface area (Å²) >= 11 is 0. The summed E-state index contributed by atoms with van der Waals surface area (Å²) in [6, 6.07) is 8.71. The molecule has 1 unspecified atom stereocenters. The predicted octanol–water partition coefficient (Wildman–Crippen LogP) is 1.99. The van der Waals surface area contributed by atoms with Crippen molar-refractivity contribution in [2.45, 2.75) is 45.1 Å². The lowest BCUT2D eigenvalue weighted by atomic mass is 10.1. The molecule has 1 saturated heterocycles. The molecule has 0 spiro atoms. The Balaban J connectivity index is 1.85. The van der Waals surface area contributed by atoms with Crippen LogP contribution in [0.25, 0.3) is 0 Å². The van der Waals surface area contributed by atoms with E-state index < -0.39 is 9.84 Å². The molecule has 2 aliphatic rings. The van der Waals surface area contributed by atoms with Crippen LogP contribution in [0.5, 0.6) is 0 Å². The number of rotatable bonds is 6.